The first-order valence-electron chi connectivity index (χ1n) is 9.69. The Kier molecular flexibility index (Phi) is 5.27. The summed E-state index contributed by atoms with van der Waals surface area (Å²) >= 11 is 0. The van der Waals surface area contributed by atoms with Gasteiger partial charge in [0.1, 0.15) is 0 Å². The summed E-state index contributed by atoms with van der Waals surface area (Å²) in [6.07, 6.45) is 3.74. The maximum atomic E-state index is 12.8. The normalized spacial score (nSPS) is 25.0. The number of carbonyl (C=O) groups excluding carboxylic acids is 1. The van der Waals surface area contributed by atoms with Gasteiger partial charge in [0.25, 0.3) is 0 Å². The quantitative estimate of drug-likeness (QED) is 0.830. The highest BCUT2D eigenvalue weighted by molar-refractivity contribution is 7.91. The maximum Gasteiger partial charge on any atom is 0.224 e. The van der Waals surface area contributed by atoms with Crippen molar-refractivity contribution in [1.29, 1.82) is 0 Å². The standard InChI is InChI=1S/C19H26N2O5S/c22-19(21-14-2-3-15(21)13-20-8-6-14)7-11-27(23,24)16-4-5-17-18(12-16)26-10-1-9-25-17/h4-5,12,14-15,20H,1-3,6-11,13H2. The molecule has 2 saturated heterocycles. The van der Waals surface area contributed by atoms with Crippen LogP contribution in [0.15, 0.2) is 23.1 Å². The highest BCUT2D eigenvalue weighted by atomic mass is 32.2. The maximum absolute atomic E-state index is 12.8. The molecule has 7 nitrogen and oxygen atoms in total. The monoisotopic (exact) mass is 394 g/mol. The van der Waals surface area contributed by atoms with Crippen molar-refractivity contribution in [1.82, 2.24) is 10.2 Å². The van der Waals surface area contributed by atoms with Crippen molar-refractivity contribution < 1.29 is 22.7 Å². The summed E-state index contributed by atoms with van der Waals surface area (Å²) in [6.45, 7) is 2.78. The van der Waals surface area contributed by atoms with Crippen LogP contribution >= 0.6 is 0 Å². The van der Waals surface area contributed by atoms with Crippen molar-refractivity contribution in [2.75, 3.05) is 32.1 Å². The first kappa shape index (κ1) is 18.6. The molecule has 2 unspecified atom stereocenters. The minimum Gasteiger partial charge on any atom is -0.490 e. The Morgan fingerprint density at radius 3 is 2.74 bits per heavy atom. The number of fused-ring (bicyclic) bond motifs is 3. The van der Waals surface area contributed by atoms with E-state index in [2.05, 4.69) is 5.32 Å². The smallest absolute Gasteiger partial charge is 0.224 e. The number of amides is 1. The van der Waals surface area contributed by atoms with Crippen molar-refractivity contribution in [3.8, 4) is 11.5 Å². The topological polar surface area (TPSA) is 84.9 Å². The number of nitrogens with one attached hydrogen (secondary N) is 1. The number of rotatable bonds is 4. The lowest BCUT2D eigenvalue weighted by Crippen LogP contribution is -2.43. The van der Waals surface area contributed by atoms with Crippen LogP contribution in [0.4, 0.5) is 0 Å². The van der Waals surface area contributed by atoms with Crippen LogP contribution in [0.1, 0.15) is 32.1 Å². The van der Waals surface area contributed by atoms with Gasteiger partial charge in [-0.3, -0.25) is 4.79 Å². The van der Waals surface area contributed by atoms with E-state index in [-0.39, 0.29) is 35.1 Å². The number of benzene rings is 1. The summed E-state index contributed by atoms with van der Waals surface area (Å²) in [6, 6.07) is 5.13. The Morgan fingerprint density at radius 2 is 1.89 bits per heavy atom. The summed E-state index contributed by atoms with van der Waals surface area (Å²) in [5.41, 5.74) is 0. The molecule has 1 N–H and O–H groups in total. The summed E-state index contributed by atoms with van der Waals surface area (Å²) in [4.78, 5) is 14.9. The zero-order chi connectivity index (χ0) is 18.9. The van der Waals surface area contributed by atoms with E-state index < -0.39 is 9.84 Å². The van der Waals surface area contributed by atoms with Crippen molar-refractivity contribution in [2.45, 2.75) is 49.1 Å². The van der Waals surface area contributed by atoms with E-state index in [1.807, 2.05) is 4.90 Å². The fraction of sp³-hybridized carbons (Fsp3) is 0.632. The molecule has 8 heteroatoms. The van der Waals surface area contributed by atoms with Crippen molar-refractivity contribution in [3.63, 3.8) is 0 Å². The predicted octanol–water partition coefficient (Wildman–Crippen LogP) is 1.36. The van der Waals surface area contributed by atoms with E-state index in [9.17, 15) is 13.2 Å². The Balaban J connectivity index is 1.44. The third kappa shape index (κ3) is 3.91. The highest BCUT2D eigenvalue weighted by Crippen LogP contribution is 2.33. The van der Waals surface area contributed by atoms with Gasteiger partial charge in [-0.15, -0.1) is 0 Å². The SMILES string of the molecule is O=C(CCS(=O)(=O)c1ccc2c(c1)OCCCO2)N1C2CCNCC1CC2. The molecule has 0 saturated carbocycles. The first-order chi connectivity index (χ1) is 13.0. The fourth-order valence-electron chi connectivity index (χ4n) is 4.20. The molecule has 148 valence electrons. The molecule has 27 heavy (non-hydrogen) atoms. The Labute approximate surface area is 159 Å². The van der Waals surface area contributed by atoms with E-state index >= 15 is 0 Å². The minimum absolute atomic E-state index is 0.0176. The Hall–Kier alpha value is -1.80. The van der Waals surface area contributed by atoms with Gasteiger partial charge >= 0.3 is 0 Å². The average Bonchev–Trinajstić information content (AvgIpc) is 2.81. The second-order valence-electron chi connectivity index (χ2n) is 7.41. The largest absolute Gasteiger partial charge is 0.490 e. The number of hydrogen-bond acceptors (Lipinski definition) is 6. The Bertz CT molecular complexity index is 796. The van der Waals surface area contributed by atoms with E-state index in [4.69, 9.17) is 9.47 Å². The summed E-state index contributed by atoms with van der Waals surface area (Å²) in [5, 5.41) is 3.36. The molecule has 0 radical (unpaired) electrons. The third-order valence-electron chi connectivity index (χ3n) is 5.60. The number of nitrogens with zero attached hydrogens (tertiary/aromatic N) is 1. The van der Waals surface area contributed by atoms with Crippen LogP contribution in [-0.2, 0) is 14.6 Å². The van der Waals surface area contributed by atoms with Crippen LogP contribution in [-0.4, -0.2) is 63.4 Å². The lowest BCUT2D eigenvalue weighted by Gasteiger charge is -2.28. The summed E-state index contributed by atoms with van der Waals surface area (Å²) < 4.78 is 36.6. The van der Waals surface area contributed by atoms with Crippen molar-refractivity contribution in [2.24, 2.45) is 0 Å². The molecule has 3 aliphatic rings. The average molecular weight is 394 g/mol. The molecule has 1 aromatic carbocycles. The third-order valence-corrected chi connectivity index (χ3v) is 7.32. The lowest BCUT2D eigenvalue weighted by atomic mass is 10.1. The minimum atomic E-state index is -3.56. The van der Waals surface area contributed by atoms with Gasteiger partial charge in [0, 0.05) is 37.5 Å². The molecule has 0 aromatic heterocycles. The van der Waals surface area contributed by atoms with Gasteiger partial charge in [0.15, 0.2) is 21.3 Å². The van der Waals surface area contributed by atoms with Crippen LogP contribution in [0, 0.1) is 0 Å². The number of ether oxygens (including phenoxy) is 2. The van der Waals surface area contributed by atoms with E-state index in [1.165, 1.54) is 12.1 Å². The van der Waals surface area contributed by atoms with Crippen LogP contribution in [0.3, 0.4) is 0 Å². The molecule has 3 heterocycles. The van der Waals surface area contributed by atoms with Gasteiger partial charge in [-0.1, -0.05) is 0 Å². The van der Waals surface area contributed by atoms with Crippen LogP contribution in [0.2, 0.25) is 0 Å². The molecule has 2 atom stereocenters. The molecule has 2 bridgehead atoms. The molecular formula is C19H26N2O5S. The molecule has 0 aliphatic carbocycles. The summed E-state index contributed by atoms with van der Waals surface area (Å²) in [5.74, 6) is 0.784. The zero-order valence-corrected chi connectivity index (χ0v) is 16.2. The number of hydrogen-bond donors (Lipinski definition) is 1. The zero-order valence-electron chi connectivity index (χ0n) is 15.4. The van der Waals surface area contributed by atoms with E-state index in [0.29, 0.717) is 24.7 Å². The van der Waals surface area contributed by atoms with Crippen molar-refractivity contribution in [3.05, 3.63) is 18.2 Å². The van der Waals surface area contributed by atoms with Gasteiger partial charge < -0.3 is 19.7 Å². The highest BCUT2D eigenvalue weighted by Gasteiger charge is 2.38. The van der Waals surface area contributed by atoms with Crippen LogP contribution in [0.25, 0.3) is 0 Å². The molecular weight excluding hydrogens is 368 g/mol. The van der Waals surface area contributed by atoms with Crippen molar-refractivity contribution >= 4 is 15.7 Å². The van der Waals surface area contributed by atoms with Gasteiger partial charge in [0.2, 0.25) is 5.91 Å². The Morgan fingerprint density at radius 1 is 1.11 bits per heavy atom. The second-order valence-corrected chi connectivity index (χ2v) is 9.52. The lowest BCUT2D eigenvalue weighted by molar-refractivity contribution is -0.133. The molecule has 2 fully saturated rings. The van der Waals surface area contributed by atoms with E-state index in [0.717, 1.165) is 38.8 Å². The number of carbonyl (C=O) groups is 1. The second kappa shape index (κ2) is 7.67. The first-order valence-corrected chi connectivity index (χ1v) is 11.3. The van der Waals surface area contributed by atoms with Crippen LogP contribution in [0.5, 0.6) is 11.5 Å². The summed E-state index contributed by atoms with van der Waals surface area (Å²) in [7, 11) is -3.56. The number of sulfone groups is 1. The molecule has 4 rings (SSSR count). The molecule has 3 aliphatic heterocycles. The van der Waals surface area contributed by atoms with Gasteiger partial charge in [-0.25, -0.2) is 8.42 Å². The fourth-order valence-corrected chi connectivity index (χ4v) is 5.44. The van der Waals surface area contributed by atoms with Crippen LogP contribution < -0.4 is 14.8 Å². The van der Waals surface area contributed by atoms with Gasteiger partial charge in [-0.2, -0.15) is 0 Å². The van der Waals surface area contributed by atoms with Gasteiger partial charge in [-0.05, 0) is 37.9 Å². The van der Waals surface area contributed by atoms with E-state index in [1.54, 1.807) is 6.07 Å². The molecule has 0 spiro atoms. The predicted molar refractivity (Wildman–Crippen MR) is 99.9 cm³/mol. The molecule has 1 aromatic rings. The van der Waals surface area contributed by atoms with Gasteiger partial charge in [0.05, 0.1) is 23.9 Å². The molecule has 1 amide bonds.